The minimum absolute atomic E-state index is 0.00942. The zero-order chi connectivity index (χ0) is 17.4. The van der Waals surface area contributed by atoms with Gasteiger partial charge in [0.1, 0.15) is 24.1 Å². The average Bonchev–Trinajstić information content (AvgIpc) is 3.14. The zero-order valence-corrected chi connectivity index (χ0v) is 13.6. The molecule has 4 nitrogen and oxygen atoms in total. The van der Waals surface area contributed by atoms with E-state index in [1.54, 1.807) is 24.3 Å². The van der Waals surface area contributed by atoms with Gasteiger partial charge in [0.15, 0.2) is 0 Å². The van der Waals surface area contributed by atoms with Gasteiger partial charge in [0.25, 0.3) is 0 Å². The molecule has 2 saturated heterocycles. The predicted molar refractivity (Wildman–Crippen MR) is 86.5 cm³/mol. The van der Waals surface area contributed by atoms with E-state index in [0.29, 0.717) is 19.6 Å². The van der Waals surface area contributed by atoms with Crippen molar-refractivity contribution in [2.75, 3.05) is 19.8 Å². The summed E-state index contributed by atoms with van der Waals surface area (Å²) >= 11 is 0. The highest BCUT2D eigenvalue weighted by Crippen LogP contribution is 2.50. The number of ether oxygens (including phenoxy) is 2. The molecule has 0 aromatic heterocycles. The highest BCUT2D eigenvalue weighted by molar-refractivity contribution is 5.25. The van der Waals surface area contributed by atoms with Crippen molar-refractivity contribution in [3.63, 3.8) is 0 Å². The normalized spacial score (nSPS) is 29.1. The van der Waals surface area contributed by atoms with Crippen LogP contribution in [0.25, 0.3) is 0 Å². The van der Waals surface area contributed by atoms with Gasteiger partial charge in [-0.3, -0.25) is 0 Å². The maximum atomic E-state index is 13.3. The predicted octanol–water partition coefficient (Wildman–Crippen LogP) is 3.15. The Bertz CT molecular complexity index is 678. The molecular formula is C19H19F2NO3. The van der Waals surface area contributed by atoms with Crippen molar-refractivity contribution in [1.82, 2.24) is 4.90 Å². The van der Waals surface area contributed by atoms with Crippen molar-refractivity contribution in [1.29, 1.82) is 0 Å². The topological polar surface area (TPSA) is 41.9 Å². The molecule has 6 heteroatoms. The Balaban J connectivity index is 1.72. The van der Waals surface area contributed by atoms with Crippen LogP contribution >= 0.6 is 0 Å². The van der Waals surface area contributed by atoms with Gasteiger partial charge in [-0.25, -0.2) is 13.7 Å². The van der Waals surface area contributed by atoms with Crippen LogP contribution in [0.15, 0.2) is 48.5 Å². The average molecular weight is 347 g/mol. The van der Waals surface area contributed by atoms with Crippen LogP contribution in [0.4, 0.5) is 8.78 Å². The number of aliphatic hydroxyl groups excluding tert-OH is 1. The van der Waals surface area contributed by atoms with E-state index < -0.39 is 18.0 Å². The molecule has 2 aromatic rings. The van der Waals surface area contributed by atoms with Gasteiger partial charge in [0.05, 0.1) is 18.8 Å². The summed E-state index contributed by atoms with van der Waals surface area (Å²) < 4.78 is 38.6. The van der Waals surface area contributed by atoms with Crippen molar-refractivity contribution >= 4 is 0 Å². The van der Waals surface area contributed by atoms with Crippen LogP contribution in [-0.4, -0.2) is 35.4 Å². The second kappa shape index (κ2) is 6.46. The first kappa shape index (κ1) is 16.6. The number of aliphatic hydroxyl groups is 1. The Labute approximate surface area is 144 Å². The first-order valence-electron chi connectivity index (χ1n) is 8.26. The van der Waals surface area contributed by atoms with Crippen LogP contribution in [0.1, 0.15) is 30.0 Å². The molecule has 2 aliphatic heterocycles. The molecule has 0 radical (unpaired) electrons. The van der Waals surface area contributed by atoms with Crippen LogP contribution in [0, 0.1) is 11.6 Å². The number of nitrogens with zero attached hydrogens (tertiary/aromatic N) is 1. The summed E-state index contributed by atoms with van der Waals surface area (Å²) in [6, 6.07) is 12.3. The quantitative estimate of drug-likeness (QED) is 0.923. The van der Waals surface area contributed by atoms with E-state index in [4.69, 9.17) is 9.47 Å². The van der Waals surface area contributed by atoms with Crippen LogP contribution in [0.5, 0.6) is 0 Å². The van der Waals surface area contributed by atoms with Crippen molar-refractivity contribution in [2.45, 2.75) is 24.4 Å². The number of benzene rings is 2. The first-order chi connectivity index (χ1) is 12.1. The Kier molecular flexibility index (Phi) is 4.29. The summed E-state index contributed by atoms with van der Waals surface area (Å²) in [6.07, 6.45) is -0.322. The molecule has 2 fully saturated rings. The molecule has 0 saturated carbocycles. The number of fused-ring (bicyclic) bond motifs is 1. The van der Waals surface area contributed by atoms with Gasteiger partial charge in [-0.2, -0.15) is 0 Å². The smallest absolute Gasteiger partial charge is 0.139 e. The van der Waals surface area contributed by atoms with E-state index in [9.17, 15) is 13.9 Å². The monoisotopic (exact) mass is 347 g/mol. The fourth-order valence-corrected chi connectivity index (χ4v) is 3.69. The maximum Gasteiger partial charge on any atom is 0.139 e. The van der Waals surface area contributed by atoms with Gasteiger partial charge in [-0.1, -0.05) is 24.3 Å². The number of hydrogen-bond donors (Lipinski definition) is 1. The third-order valence-corrected chi connectivity index (χ3v) is 4.96. The van der Waals surface area contributed by atoms with E-state index in [2.05, 4.69) is 4.90 Å². The van der Waals surface area contributed by atoms with Crippen LogP contribution in [-0.2, 0) is 9.47 Å². The van der Waals surface area contributed by atoms with Crippen molar-refractivity contribution in [3.05, 3.63) is 71.3 Å². The fraction of sp³-hybridized carbons (Fsp3) is 0.368. The molecule has 2 aromatic carbocycles. The molecule has 4 rings (SSSR count). The van der Waals surface area contributed by atoms with Crippen molar-refractivity contribution in [2.24, 2.45) is 0 Å². The summed E-state index contributed by atoms with van der Waals surface area (Å²) in [5.41, 5.74) is 1.19. The van der Waals surface area contributed by atoms with Gasteiger partial charge in [0.2, 0.25) is 0 Å². The molecule has 3 atom stereocenters. The van der Waals surface area contributed by atoms with Crippen LogP contribution in [0.2, 0.25) is 0 Å². The summed E-state index contributed by atoms with van der Waals surface area (Å²) in [6.45, 7) is 0.829. The molecular weight excluding hydrogens is 328 g/mol. The van der Waals surface area contributed by atoms with Gasteiger partial charge in [-0.15, -0.1) is 0 Å². The van der Waals surface area contributed by atoms with E-state index in [-0.39, 0.29) is 18.2 Å². The molecule has 0 amide bonds. The highest BCUT2D eigenvalue weighted by atomic mass is 19.1. The van der Waals surface area contributed by atoms with Gasteiger partial charge in [-0.05, 0) is 41.8 Å². The lowest BCUT2D eigenvalue weighted by Gasteiger charge is -2.34. The molecule has 2 aliphatic rings. The molecule has 25 heavy (non-hydrogen) atoms. The standard InChI is InChI=1S/C19H19F2NO3/c20-15-5-1-13(2-6-15)17-22-18(14-3-7-16(21)8-4-14)25-12-19(22,9-10-23)11-24-17/h1-8,17-18,23H,9-12H2/t17-,18+,19?. The van der Waals surface area contributed by atoms with Crippen molar-refractivity contribution < 1.29 is 23.4 Å². The maximum absolute atomic E-state index is 13.3. The molecule has 132 valence electrons. The van der Waals surface area contributed by atoms with Gasteiger partial charge in [0, 0.05) is 6.61 Å². The number of rotatable bonds is 4. The van der Waals surface area contributed by atoms with Crippen LogP contribution in [0.3, 0.4) is 0 Å². The molecule has 0 spiro atoms. The fourth-order valence-electron chi connectivity index (χ4n) is 3.69. The first-order valence-corrected chi connectivity index (χ1v) is 8.26. The minimum atomic E-state index is -0.452. The molecule has 1 N–H and O–H groups in total. The molecule has 0 bridgehead atoms. The van der Waals surface area contributed by atoms with E-state index in [1.807, 2.05) is 0 Å². The Morgan fingerprint density at radius 1 is 0.880 bits per heavy atom. The third kappa shape index (κ3) is 2.85. The van der Waals surface area contributed by atoms with E-state index in [0.717, 1.165) is 11.1 Å². The van der Waals surface area contributed by atoms with E-state index >= 15 is 0 Å². The lowest BCUT2D eigenvalue weighted by molar-refractivity contribution is -0.0623. The van der Waals surface area contributed by atoms with Crippen LogP contribution < -0.4 is 0 Å². The van der Waals surface area contributed by atoms with Gasteiger partial charge < -0.3 is 14.6 Å². The SMILES string of the molecule is OCCC12CO[C@H](c3ccc(F)cc3)N1[C@H](c1ccc(F)cc1)OC2. The molecule has 2 heterocycles. The summed E-state index contributed by atoms with van der Waals surface area (Å²) in [5.74, 6) is -0.618. The molecule has 1 unspecified atom stereocenters. The second-order valence-electron chi connectivity index (χ2n) is 6.54. The number of halogens is 2. The lowest BCUT2D eigenvalue weighted by Crippen LogP contribution is -2.45. The summed E-state index contributed by atoms with van der Waals surface area (Å²) in [4.78, 5) is 2.07. The highest BCUT2D eigenvalue weighted by Gasteiger charge is 2.56. The van der Waals surface area contributed by atoms with Crippen molar-refractivity contribution in [3.8, 4) is 0 Å². The summed E-state index contributed by atoms with van der Waals surface area (Å²) in [5, 5.41) is 9.52. The Morgan fingerprint density at radius 3 is 1.72 bits per heavy atom. The Morgan fingerprint density at radius 2 is 1.32 bits per heavy atom. The van der Waals surface area contributed by atoms with Gasteiger partial charge >= 0.3 is 0 Å². The Hall–Kier alpha value is -1.86. The third-order valence-electron chi connectivity index (χ3n) is 4.96. The lowest BCUT2D eigenvalue weighted by atomic mass is 9.96. The second-order valence-corrected chi connectivity index (χ2v) is 6.54. The minimum Gasteiger partial charge on any atom is -0.396 e. The summed E-state index contributed by atoms with van der Waals surface area (Å²) in [7, 11) is 0. The number of hydrogen-bond acceptors (Lipinski definition) is 4. The molecule has 0 aliphatic carbocycles. The zero-order valence-electron chi connectivity index (χ0n) is 13.6. The largest absolute Gasteiger partial charge is 0.396 e. The van der Waals surface area contributed by atoms with E-state index in [1.165, 1.54) is 24.3 Å².